The standard InChI is InChI=1S/C19H15NO3/c1-11(21)10-20-17-13-7-3-4-8-14(13)18(22)16(17)12-6-2-5-9-15(12)19(20)23/h2-9,11,21H,10H2,1H3/t11-/m1/s1. The third kappa shape index (κ3) is 1.88. The lowest BCUT2D eigenvalue weighted by atomic mass is 10.0. The molecule has 4 heteroatoms. The summed E-state index contributed by atoms with van der Waals surface area (Å²) in [7, 11) is 0. The topological polar surface area (TPSA) is 59.3 Å². The molecule has 23 heavy (non-hydrogen) atoms. The first-order valence-electron chi connectivity index (χ1n) is 7.57. The molecule has 0 amide bonds. The summed E-state index contributed by atoms with van der Waals surface area (Å²) in [6, 6.07) is 14.5. The fraction of sp³-hybridized carbons (Fsp3) is 0.158. The summed E-state index contributed by atoms with van der Waals surface area (Å²) in [6.45, 7) is 1.80. The number of hydrogen-bond donors (Lipinski definition) is 1. The van der Waals surface area contributed by atoms with Crippen molar-refractivity contribution in [2.45, 2.75) is 19.6 Å². The molecule has 1 aliphatic rings. The molecule has 0 saturated heterocycles. The average Bonchev–Trinajstić information content (AvgIpc) is 2.85. The molecule has 0 fully saturated rings. The first-order chi connectivity index (χ1) is 11.1. The Hall–Kier alpha value is -2.72. The van der Waals surface area contributed by atoms with Crippen molar-refractivity contribution in [3.05, 3.63) is 70.0 Å². The molecule has 1 aliphatic carbocycles. The predicted molar refractivity (Wildman–Crippen MR) is 88.8 cm³/mol. The van der Waals surface area contributed by atoms with Crippen LogP contribution in [0.1, 0.15) is 22.8 Å². The molecule has 1 N–H and O–H groups in total. The van der Waals surface area contributed by atoms with Crippen LogP contribution in [0.25, 0.3) is 22.0 Å². The van der Waals surface area contributed by atoms with Crippen molar-refractivity contribution in [1.82, 2.24) is 4.57 Å². The van der Waals surface area contributed by atoms with Gasteiger partial charge in [-0.15, -0.1) is 0 Å². The van der Waals surface area contributed by atoms with E-state index in [-0.39, 0.29) is 17.9 Å². The van der Waals surface area contributed by atoms with Gasteiger partial charge in [-0.2, -0.15) is 0 Å². The summed E-state index contributed by atoms with van der Waals surface area (Å²) in [5.41, 5.74) is 2.37. The molecule has 0 spiro atoms. The summed E-state index contributed by atoms with van der Waals surface area (Å²) in [6.07, 6.45) is -0.680. The summed E-state index contributed by atoms with van der Waals surface area (Å²) in [5, 5.41) is 11.0. The molecule has 114 valence electrons. The lowest BCUT2D eigenvalue weighted by Crippen LogP contribution is -2.27. The van der Waals surface area contributed by atoms with Crippen molar-refractivity contribution in [1.29, 1.82) is 0 Å². The molecule has 4 rings (SSSR count). The van der Waals surface area contributed by atoms with E-state index in [2.05, 4.69) is 0 Å². The molecule has 1 aromatic heterocycles. The van der Waals surface area contributed by atoms with Gasteiger partial charge in [-0.1, -0.05) is 42.5 Å². The second-order valence-electron chi connectivity index (χ2n) is 5.91. The van der Waals surface area contributed by atoms with Gasteiger partial charge < -0.3 is 9.67 Å². The number of nitrogens with zero attached hydrogens (tertiary/aromatic N) is 1. The number of hydrogen-bond acceptors (Lipinski definition) is 3. The zero-order valence-electron chi connectivity index (χ0n) is 12.6. The third-order valence-electron chi connectivity index (χ3n) is 4.28. The Morgan fingerprint density at radius 2 is 1.57 bits per heavy atom. The number of pyridine rings is 1. The van der Waals surface area contributed by atoms with Crippen LogP contribution in [0.15, 0.2) is 53.3 Å². The van der Waals surface area contributed by atoms with E-state index in [1.807, 2.05) is 30.3 Å². The number of benzene rings is 2. The van der Waals surface area contributed by atoms with Crippen molar-refractivity contribution in [3.63, 3.8) is 0 Å². The Balaban J connectivity index is 2.21. The van der Waals surface area contributed by atoms with E-state index < -0.39 is 6.10 Å². The van der Waals surface area contributed by atoms with E-state index in [1.165, 1.54) is 4.57 Å². The molecule has 0 aliphatic heterocycles. The highest BCUT2D eigenvalue weighted by Gasteiger charge is 2.32. The Morgan fingerprint density at radius 1 is 0.957 bits per heavy atom. The Kier molecular flexibility index (Phi) is 2.96. The largest absolute Gasteiger partial charge is 0.392 e. The lowest BCUT2D eigenvalue weighted by Gasteiger charge is -2.16. The smallest absolute Gasteiger partial charge is 0.259 e. The van der Waals surface area contributed by atoms with Crippen LogP contribution in [-0.4, -0.2) is 21.6 Å². The number of aliphatic hydroxyl groups excluding tert-OH is 1. The Morgan fingerprint density at radius 3 is 2.26 bits per heavy atom. The fourth-order valence-corrected chi connectivity index (χ4v) is 3.37. The quantitative estimate of drug-likeness (QED) is 0.619. The Labute approximate surface area is 132 Å². The first kappa shape index (κ1) is 13.9. The molecule has 0 radical (unpaired) electrons. The maximum Gasteiger partial charge on any atom is 0.259 e. The zero-order valence-corrected chi connectivity index (χ0v) is 12.6. The molecule has 0 unspecified atom stereocenters. The van der Waals surface area contributed by atoms with Crippen LogP contribution in [0.4, 0.5) is 0 Å². The average molecular weight is 305 g/mol. The van der Waals surface area contributed by atoms with Crippen LogP contribution in [0, 0.1) is 0 Å². The summed E-state index contributed by atoms with van der Waals surface area (Å²) in [5.74, 6) is -0.0638. The molecule has 0 bridgehead atoms. The number of rotatable bonds is 2. The normalized spacial score (nSPS) is 13.9. The maximum absolute atomic E-state index is 12.9. The number of carbonyl (C=O) groups excluding carboxylic acids is 1. The van der Waals surface area contributed by atoms with Gasteiger partial charge in [0.1, 0.15) is 0 Å². The minimum Gasteiger partial charge on any atom is -0.392 e. The van der Waals surface area contributed by atoms with Crippen molar-refractivity contribution >= 4 is 16.6 Å². The second kappa shape index (κ2) is 4.89. The highest BCUT2D eigenvalue weighted by molar-refractivity contribution is 6.26. The van der Waals surface area contributed by atoms with Gasteiger partial charge >= 0.3 is 0 Å². The van der Waals surface area contributed by atoms with Gasteiger partial charge in [0.25, 0.3) is 5.56 Å². The SMILES string of the molecule is C[C@@H](O)Cn1c2c(c3ccccc3c1=O)C(=O)c1ccccc1-2. The van der Waals surface area contributed by atoms with Crippen LogP contribution in [-0.2, 0) is 6.54 Å². The van der Waals surface area contributed by atoms with Gasteiger partial charge in [-0.05, 0) is 13.0 Å². The van der Waals surface area contributed by atoms with Gasteiger partial charge in [-0.3, -0.25) is 9.59 Å². The van der Waals surface area contributed by atoms with Crippen molar-refractivity contribution < 1.29 is 9.90 Å². The van der Waals surface area contributed by atoms with Crippen molar-refractivity contribution in [3.8, 4) is 11.3 Å². The first-order valence-corrected chi connectivity index (χ1v) is 7.57. The molecular weight excluding hydrogens is 290 g/mol. The van der Waals surface area contributed by atoms with Crippen LogP contribution in [0.5, 0.6) is 0 Å². The van der Waals surface area contributed by atoms with E-state index in [9.17, 15) is 14.7 Å². The third-order valence-corrected chi connectivity index (χ3v) is 4.28. The highest BCUT2D eigenvalue weighted by atomic mass is 16.3. The minimum atomic E-state index is -0.680. The maximum atomic E-state index is 12.9. The fourth-order valence-electron chi connectivity index (χ4n) is 3.37. The summed E-state index contributed by atoms with van der Waals surface area (Å²) < 4.78 is 1.53. The Bertz CT molecular complexity index is 1010. The van der Waals surface area contributed by atoms with Gasteiger partial charge in [-0.25, -0.2) is 0 Å². The van der Waals surface area contributed by atoms with Crippen LogP contribution >= 0.6 is 0 Å². The van der Waals surface area contributed by atoms with Gasteiger partial charge in [0.2, 0.25) is 0 Å². The van der Waals surface area contributed by atoms with Crippen molar-refractivity contribution in [2.24, 2.45) is 0 Å². The number of carbonyl (C=O) groups is 1. The van der Waals surface area contributed by atoms with Crippen molar-refractivity contribution in [2.75, 3.05) is 0 Å². The minimum absolute atomic E-state index is 0.0638. The zero-order chi connectivity index (χ0) is 16.1. The van der Waals surface area contributed by atoms with E-state index >= 15 is 0 Å². The van der Waals surface area contributed by atoms with E-state index in [4.69, 9.17) is 0 Å². The predicted octanol–water partition coefficient (Wildman–Crippen LogP) is 2.59. The molecule has 0 saturated carbocycles. The van der Waals surface area contributed by atoms with Gasteiger partial charge in [0, 0.05) is 21.9 Å². The number of ketones is 1. The molecule has 1 heterocycles. The van der Waals surface area contributed by atoms with E-state index in [0.717, 1.165) is 5.56 Å². The lowest BCUT2D eigenvalue weighted by molar-refractivity contribution is 0.104. The van der Waals surface area contributed by atoms with E-state index in [0.29, 0.717) is 27.6 Å². The van der Waals surface area contributed by atoms with Gasteiger partial charge in [0.05, 0.1) is 23.9 Å². The monoisotopic (exact) mass is 305 g/mol. The summed E-state index contributed by atoms with van der Waals surface area (Å²) in [4.78, 5) is 25.8. The molecule has 4 nitrogen and oxygen atoms in total. The van der Waals surface area contributed by atoms with E-state index in [1.54, 1.807) is 25.1 Å². The van der Waals surface area contributed by atoms with Gasteiger partial charge in [0.15, 0.2) is 5.78 Å². The van der Waals surface area contributed by atoms with Crippen LogP contribution in [0.2, 0.25) is 0 Å². The molecule has 2 aromatic carbocycles. The summed E-state index contributed by atoms with van der Waals surface area (Å²) >= 11 is 0. The molecular formula is C19H15NO3. The molecule has 3 aromatic rings. The molecule has 1 atom stereocenters. The number of aromatic nitrogens is 1. The van der Waals surface area contributed by atoms with Crippen LogP contribution < -0.4 is 5.56 Å². The number of fused-ring (bicyclic) bond motifs is 5. The second-order valence-corrected chi connectivity index (χ2v) is 5.91. The number of aliphatic hydroxyl groups is 1. The van der Waals surface area contributed by atoms with Crippen LogP contribution in [0.3, 0.4) is 0 Å². The highest BCUT2D eigenvalue weighted by Crippen LogP contribution is 2.39.